The lowest BCUT2D eigenvalue weighted by Crippen LogP contribution is -2.56. The number of hydrazine groups is 1. The summed E-state index contributed by atoms with van der Waals surface area (Å²) < 4.78 is 11.0. The normalized spacial score (nSPS) is 19.3. The molecule has 3 atom stereocenters. The predicted molar refractivity (Wildman–Crippen MR) is 194 cm³/mol. The Balaban J connectivity index is 0.000000271. The number of ketones is 1. The van der Waals surface area contributed by atoms with Crippen LogP contribution in [0.4, 0.5) is 0 Å². The fourth-order valence-corrected chi connectivity index (χ4v) is 6.41. The van der Waals surface area contributed by atoms with Crippen molar-refractivity contribution in [3.8, 4) is 5.75 Å². The molecule has 8 heteroatoms. The summed E-state index contributed by atoms with van der Waals surface area (Å²) >= 11 is 0. The summed E-state index contributed by atoms with van der Waals surface area (Å²) in [4.78, 5) is 50.5. The highest BCUT2D eigenvalue weighted by molar-refractivity contribution is 6.01. The first-order valence-electron chi connectivity index (χ1n) is 16.8. The number of amides is 2. The lowest BCUT2D eigenvalue weighted by atomic mass is 10.0. The van der Waals surface area contributed by atoms with E-state index in [1.54, 1.807) is 31.4 Å². The third-order valence-electron chi connectivity index (χ3n) is 9.26. The summed E-state index contributed by atoms with van der Waals surface area (Å²) in [6.45, 7) is 25.2. The second-order valence-corrected chi connectivity index (χ2v) is 15.0. The van der Waals surface area contributed by atoms with Gasteiger partial charge in [-0.05, 0) is 110 Å². The minimum absolute atomic E-state index is 0.0570. The summed E-state index contributed by atoms with van der Waals surface area (Å²) in [5.41, 5.74) is 8.74. The van der Waals surface area contributed by atoms with Crippen LogP contribution >= 0.6 is 0 Å². The van der Waals surface area contributed by atoms with Crippen molar-refractivity contribution < 1.29 is 28.7 Å². The Bertz CT molecular complexity index is 1670. The average molecular weight is 671 g/mol. The van der Waals surface area contributed by atoms with Crippen molar-refractivity contribution in [2.24, 2.45) is 17.3 Å². The smallest absolute Gasteiger partial charge is 0.310 e. The van der Waals surface area contributed by atoms with Crippen LogP contribution in [0.1, 0.15) is 106 Å². The molecule has 0 radical (unpaired) electrons. The topological polar surface area (TPSA) is 102 Å². The lowest BCUT2D eigenvalue weighted by molar-refractivity contribution is -0.150. The highest BCUT2D eigenvalue weighted by atomic mass is 16.5. The number of esters is 1. The second-order valence-electron chi connectivity index (χ2n) is 15.0. The summed E-state index contributed by atoms with van der Waals surface area (Å²) in [5.74, 6) is 0.0660. The lowest BCUT2D eigenvalue weighted by Gasteiger charge is -2.35. The van der Waals surface area contributed by atoms with Gasteiger partial charge in [0.15, 0.2) is 5.78 Å². The molecule has 0 saturated heterocycles. The Morgan fingerprint density at radius 3 is 2.18 bits per heavy atom. The molecule has 2 aliphatic rings. The molecule has 49 heavy (non-hydrogen) atoms. The predicted octanol–water partition coefficient (Wildman–Crippen LogP) is 8.21. The first-order valence-corrected chi connectivity index (χ1v) is 16.8. The van der Waals surface area contributed by atoms with Gasteiger partial charge in [-0.3, -0.25) is 24.6 Å². The number of rotatable bonds is 8. The number of carbonyl (C=O) groups is 4. The van der Waals surface area contributed by atoms with Crippen molar-refractivity contribution >= 4 is 23.6 Å². The zero-order valence-corrected chi connectivity index (χ0v) is 31.4. The Hall–Kier alpha value is -4.46. The average Bonchev–Trinajstić information content (AvgIpc) is 3.43. The molecular formula is C41H54N2O6. The van der Waals surface area contributed by atoms with Crippen molar-refractivity contribution in [2.45, 2.75) is 101 Å². The number of nitrogens with zero attached hydrogens (tertiary/aromatic N) is 1. The Morgan fingerprint density at radius 1 is 1.04 bits per heavy atom. The number of nitrogens with one attached hydrogen (secondary N) is 1. The van der Waals surface area contributed by atoms with E-state index < -0.39 is 11.6 Å². The summed E-state index contributed by atoms with van der Waals surface area (Å²) in [5, 5.41) is 1.39. The van der Waals surface area contributed by atoms with Gasteiger partial charge >= 0.3 is 5.97 Å². The molecule has 8 nitrogen and oxygen atoms in total. The Labute approximate surface area is 292 Å². The third kappa shape index (κ3) is 9.17. The van der Waals surface area contributed by atoms with E-state index in [1.807, 2.05) is 80.5 Å². The van der Waals surface area contributed by atoms with E-state index in [2.05, 4.69) is 31.9 Å². The SMILES string of the molecule is C=CCC1=C(C)C(OC(=O)C2C(C=C(C)C)C2(C)C)CC1=O.COc1cccc(C(=O)NN(C(=O)c2cc(C)cc(C)c2)C(C)(C)C)c1C. The first-order chi connectivity index (χ1) is 22.7. The number of allylic oxidation sites excluding steroid dienone is 4. The minimum Gasteiger partial charge on any atom is -0.496 e. The molecular weight excluding hydrogens is 616 g/mol. The van der Waals surface area contributed by atoms with Crippen LogP contribution in [0.2, 0.25) is 0 Å². The van der Waals surface area contributed by atoms with Gasteiger partial charge in [0, 0.05) is 22.3 Å². The fraction of sp³-hybridized carbons (Fsp3) is 0.463. The number of ether oxygens (including phenoxy) is 2. The molecule has 0 aliphatic heterocycles. The highest BCUT2D eigenvalue weighted by Gasteiger charge is 2.61. The molecule has 264 valence electrons. The monoisotopic (exact) mass is 670 g/mol. The van der Waals surface area contributed by atoms with Gasteiger partial charge in [0.25, 0.3) is 11.8 Å². The summed E-state index contributed by atoms with van der Waals surface area (Å²) in [6.07, 6.45) is 4.31. The van der Waals surface area contributed by atoms with Gasteiger partial charge in [-0.25, -0.2) is 5.01 Å². The number of hydrogen-bond donors (Lipinski definition) is 1. The maximum absolute atomic E-state index is 13.2. The molecule has 0 heterocycles. The van der Waals surface area contributed by atoms with E-state index >= 15 is 0 Å². The van der Waals surface area contributed by atoms with Gasteiger partial charge in [0.05, 0.1) is 25.0 Å². The van der Waals surface area contributed by atoms with E-state index in [9.17, 15) is 19.2 Å². The third-order valence-corrected chi connectivity index (χ3v) is 9.26. The van der Waals surface area contributed by atoms with E-state index in [0.717, 1.165) is 27.8 Å². The van der Waals surface area contributed by atoms with Crippen LogP contribution < -0.4 is 10.2 Å². The van der Waals surface area contributed by atoms with Gasteiger partial charge in [-0.2, -0.15) is 0 Å². The number of Topliss-reactive ketones (excluding diaryl/α,β-unsaturated/α-hetero) is 1. The van der Waals surface area contributed by atoms with E-state index in [0.29, 0.717) is 23.3 Å². The molecule has 1 N–H and O–H groups in total. The van der Waals surface area contributed by atoms with Crippen LogP contribution in [0.25, 0.3) is 0 Å². The van der Waals surface area contributed by atoms with Crippen LogP contribution in [0.5, 0.6) is 5.75 Å². The zero-order valence-electron chi connectivity index (χ0n) is 31.4. The number of hydrogen-bond acceptors (Lipinski definition) is 6. The minimum atomic E-state index is -0.600. The molecule has 0 spiro atoms. The van der Waals surface area contributed by atoms with Crippen molar-refractivity contribution in [1.82, 2.24) is 10.4 Å². The van der Waals surface area contributed by atoms with Crippen LogP contribution in [-0.4, -0.2) is 47.3 Å². The summed E-state index contributed by atoms with van der Waals surface area (Å²) in [7, 11) is 1.56. The molecule has 2 amide bonds. The number of benzene rings is 2. The van der Waals surface area contributed by atoms with Crippen LogP contribution in [-0.2, 0) is 14.3 Å². The number of carbonyl (C=O) groups excluding carboxylic acids is 4. The Kier molecular flexibility index (Phi) is 12.2. The molecule has 0 aromatic heterocycles. The molecule has 4 rings (SSSR count). The van der Waals surface area contributed by atoms with Gasteiger partial charge in [-0.15, -0.1) is 6.58 Å². The molecule has 2 aromatic carbocycles. The van der Waals surface area contributed by atoms with Crippen LogP contribution in [0.15, 0.2) is 71.8 Å². The van der Waals surface area contributed by atoms with E-state index in [-0.39, 0.29) is 47.2 Å². The zero-order chi connectivity index (χ0) is 37.0. The molecule has 1 fully saturated rings. The quantitative estimate of drug-likeness (QED) is 0.173. The van der Waals surface area contributed by atoms with Crippen molar-refractivity contribution in [2.75, 3.05) is 7.11 Å². The largest absolute Gasteiger partial charge is 0.496 e. The standard InChI is InChI=1S/C22H28N2O3.C19H26O3/c1-14-11-15(2)13-17(12-14)21(26)24(22(4,5)6)23-20(25)18-9-8-10-19(27-7)16(18)3;1-7-8-13-12(4)16(10-15(13)20)22-18(21)17-14(9-11(2)3)19(17,5)6/h8-13H,1-7H3,(H,23,25);7,9,14,16-17H,1,8,10H2,2-6H3. The second kappa shape index (κ2) is 15.4. The maximum Gasteiger partial charge on any atom is 0.310 e. The van der Waals surface area contributed by atoms with Crippen molar-refractivity contribution in [1.29, 1.82) is 0 Å². The molecule has 0 bridgehead atoms. The van der Waals surface area contributed by atoms with Crippen LogP contribution in [0, 0.1) is 38.0 Å². The summed E-state index contributed by atoms with van der Waals surface area (Å²) in [6, 6.07) is 10.9. The molecule has 3 unspecified atom stereocenters. The molecule has 1 saturated carbocycles. The molecule has 2 aromatic rings. The van der Waals surface area contributed by atoms with Crippen molar-refractivity contribution in [3.63, 3.8) is 0 Å². The number of aryl methyl sites for hydroxylation is 2. The highest BCUT2D eigenvalue weighted by Crippen LogP contribution is 2.60. The van der Waals surface area contributed by atoms with Gasteiger partial charge in [-0.1, -0.05) is 54.8 Å². The van der Waals surface area contributed by atoms with Gasteiger partial charge in [0.2, 0.25) is 0 Å². The van der Waals surface area contributed by atoms with Gasteiger partial charge < -0.3 is 9.47 Å². The first kappa shape index (κ1) is 39.0. The number of methoxy groups -OCH3 is 1. The van der Waals surface area contributed by atoms with Gasteiger partial charge in [0.1, 0.15) is 11.9 Å². The maximum atomic E-state index is 13.2. The fourth-order valence-electron chi connectivity index (χ4n) is 6.41. The molecule has 2 aliphatic carbocycles. The van der Waals surface area contributed by atoms with Crippen LogP contribution in [0.3, 0.4) is 0 Å². The van der Waals surface area contributed by atoms with E-state index in [1.165, 1.54) is 10.6 Å². The Morgan fingerprint density at radius 2 is 1.65 bits per heavy atom. The van der Waals surface area contributed by atoms with E-state index in [4.69, 9.17) is 9.47 Å². The van der Waals surface area contributed by atoms with Crippen molar-refractivity contribution in [3.05, 3.63) is 99.7 Å².